The molecule has 1 atom stereocenters. The van der Waals surface area contributed by atoms with E-state index in [4.69, 9.17) is 0 Å². The highest BCUT2D eigenvalue weighted by molar-refractivity contribution is 7.09. The molecule has 0 aromatic carbocycles. The Hall–Kier alpha value is -0.370. The van der Waals surface area contributed by atoms with Gasteiger partial charge in [0.15, 0.2) is 0 Å². The molecule has 1 aliphatic rings. The lowest BCUT2D eigenvalue weighted by molar-refractivity contribution is 0.374. The minimum Gasteiger partial charge on any atom is -0.249 e. The molecule has 1 heterocycles. The summed E-state index contributed by atoms with van der Waals surface area (Å²) in [5.41, 5.74) is 3.78. The van der Waals surface area contributed by atoms with Gasteiger partial charge in [-0.1, -0.05) is 27.7 Å². The van der Waals surface area contributed by atoms with Crippen molar-refractivity contribution < 1.29 is 0 Å². The number of fused-ring (bicyclic) bond motifs is 1. The zero-order chi connectivity index (χ0) is 10.6. The van der Waals surface area contributed by atoms with Crippen LogP contribution in [0.1, 0.15) is 57.5 Å². The summed E-state index contributed by atoms with van der Waals surface area (Å²) in [5, 5.41) is 0. The quantitative estimate of drug-likeness (QED) is 0.679. The summed E-state index contributed by atoms with van der Waals surface area (Å²) >= 11 is 1.83. The largest absolute Gasteiger partial charge is 0.249 e. The third kappa shape index (κ3) is 2.00. The van der Waals surface area contributed by atoms with Gasteiger partial charge >= 0.3 is 0 Å². The zero-order valence-electron chi connectivity index (χ0n) is 9.76. The normalized spacial score (nSPS) is 24.9. The molecule has 1 aliphatic carbocycles. The maximum atomic E-state index is 4.50. The van der Waals surface area contributed by atoms with E-state index >= 15 is 0 Å². The van der Waals surface area contributed by atoms with E-state index in [-0.39, 0.29) is 0 Å². The number of nitrogens with zero attached hydrogens (tertiary/aromatic N) is 1. The second kappa shape index (κ2) is 4.92. The van der Waals surface area contributed by atoms with Gasteiger partial charge in [-0.25, -0.2) is 4.98 Å². The highest BCUT2D eigenvalue weighted by Crippen LogP contribution is 2.39. The topological polar surface area (TPSA) is 12.9 Å². The third-order valence-corrected chi connectivity index (χ3v) is 4.02. The van der Waals surface area contributed by atoms with E-state index in [0.29, 0.717) is 5.41 Å². The molecule has 0 fully saturated rings. The molecule has 1 nitrogen and oxygen atoms in total. The lowest BCUT2D eigenvalue weighted by Crippen LogP contribution is -2.26. The first-order valence-corrected chi connectivity index (χ1v) is 6.57. The minimum atomic E-state index is 0.383. The van der Waals surface area contributed by atoms with Crippen molar-refractivity contribution in [1.29, 1.82) is 0 Å². The van der Waals surface area contributed by atoms with Crippen LogP contribution in [0.2, 0.25) is 0 Å². The number of hydrogen-bond acceptors (Lipinski definition) is 2. The molecule has 0 bridgehead atoms. The van der Waals surface area contributed by atoms with Gasteiger partial charge in [0.2, 0.25) is 0 Å². The Labute approximate surface area is 91.6 Å². The van der Waals surface area contributed by atoms with Gasteiger partial charge in [0.05, 0.1) is 11.2 Å². The summed E-state index contributed by atoms with van der Waals surface area (Å²) in [4.78, 5) is 6.03. The van der Waals surface area contributed by atoms with Gasteiger partial charge in [-0.2, -0.15) is 0 Å². The molecule has 1 aromatic heterocycles. The van der Waals surface area contributed by atoms with Gasteiger partial charge in [-0.3, -0.25) is 0 Å². The van der Waals surface area contributed by atoms with Crippen LogP contribution in [0.4, 0.5) is 0 Å². The highest BCUT2D eigenvalue weighted by atomic mass is 32.1. The lowest BCUT2D eigenvalue weighted by Gasteiger charge is -2.31. The van der Waals surface area contributed by atoms with Crippen molar-refractivity contribution in [2.45, 2.75) is 58.8 Å². The van der Waals surface area contributed by atoms with Gasteiger partial charge in [0, 0.05) is 10.3 Å². The molecule has 1 unspecified atom stereocenters. The molecule has 1 aromatic rings. The molecule has 0 radical (unpaired) electrons. The van der Waals surface area contributed by atoms with Crippen molar-refractivity contribution in [3.05, 3.63) is 16.1 Å². The Morgan fingerprint density at radius 3 is 2.86 bits per heavy atom. The Kier molecular flexibility index (Phi) is 4.11. The number of rotatable bonds is 1. The van der Waals surface area contributed by atoms with E-state index in [9.17, 15) is 0 Å². The van der Waals surface area contributed by atoms with Crippen molar-refractivity contribution in [2.24, 2.45) is 0 Å². The molecule has 2 heteroatoms. The number of aromatic nitrogens is 1. The van der Waals surface area contributed by atoms with Crippen LogP contribution in [-0.4, -0.2) is 4.98 Å². The van der Waals surface area contributed by atoms with Crippen molar-refractivity contribution in [2.75, 3.05) is 0 Å². The molecule has 0 aliphatic heterocycles. The zero-order valence-corrected chi connectivity index (χ0v) is 10.6. The van der Waals surface area contributed by atoms with E-state index in [1.807, 2.05) is 30.7 Å². The van der Waals surface area contributed by atoms with Crippen LogP contribution < -0.4 is 0 Å². The molecule has 80 valence electrons. The molecular formula is C12H21NS. The second-order valence-electron chi connectivity index (χ2n) is 3.89. The van der Waals surface area contributed by atoms with Crippen LogP contribution in [0.15, 0.2) is 5.51 Å². The summed E-state index contributed by atoms with van der Waals surface area (Å²) in [5.74, 6) is 0. The van der Waals surface area contributed by atoms with E-state index < -0.39 is 0 Å². The predicted molar refractivity (Wildman–Crippen MR) is 64.0 cm³/mol. The predicted octanol–water partition coefficient (Wildman–Crippen LogP) is 4.17. The van der Waals surface area contributed by atoms with Crippen LogP contribution in [-0.2, 0) is 11.8 Å². The fourth-order valence-electron chi connectivity index (χ4n) is 2.04. The molecule has 14 heavy (non-hydrogen) atoms. The first-order chi connectivity index (χ1) is 6.76. The summed E-state index contributed by atoms with van der Waals surface area (Å²) < 4.78 is 0. The van der Waals surface area contributed by atoms with Gasteiger partial charge in [0.1, 0.15) is 0 Å². The number of hydrogen-bond donors (Lipinski definition) is 0. The molecular weight excluding hydrogens is 190 g/mol. The van der Waals surface area contributed by atoms with E-state index in [1.165, 1.54) is 36.3 Å². The molecule has 0 saturated heterocycles. The summed E-state index contributed by atoms with van der Waals surface area (Å²) in [7, 11) is 0. The molecule has 0 saturated carbocycles. The molecule has 0 N–H and O–H groups in total. The summed E-state index contributed by atoms with van der Waals surface area (Å²) in [6, 6.07) is 0. The standard InChI is InChI=1S/C10H15NS.C2H6/c1-3-10(2)6-4-5-8-9(10)11-7-12-8;1-2/h7H,3-6H2,1-2H3;1-2H3. The summed E-state index contributed by atoms with van der Waals surface area (Å²) in [6.45, 7) is 8.62. The second-order valence-corrected chi connectivity index (χ2v) is 4.83. The minimum absolute atomic E-state index is 0.383. The lowest BCUT2D eigenvalue weighted by atomic mass is 9.75. The Morgan fingerprint density at radius 1 is 1.50 bits per heavy atom. The van der Waals surface area contributed by atoms with E-state index in [2.05, 4.69) is 18.8 Å². The van der Waals surface area contributed by atoms with Crippen LogP contribution in [0, 0.1) is 0 Å². The molecule has 2 rings (SSSR count). The van der Waals surface area contributed by atoms with Crippen LogP contribution >= 0.6 is 11.3 Å². The van der Waals surface area contributed by atoms with Gasteiger partial charge in [-0.05, 0) is 25.7 Å². The van der Waals surface area contributed by atoms with Crippen molar-refractivity contribution in [3.8, 4) is 0 Å². The highest BCUT2D eigenvalue weighted by Gasteiger charge is 2.32. The average Bonchev–Trinajstić information content (AvgIpc) is 2.71. The van der Waals surface area contributed by atoms with Crippen LogP contribution in [0.25, 0.3) is 0 Å². The fraction of sp³-hybridized carbons (Fsp3) is 0.750. The Bertz CT molecular complexity index is 280. The van der Waals surface area contributed by atoms with Crippen LogP contribution in [0.5, 0.6) is 0 Å². The third-order valence-electron chi connectivity index (χ3n) is 3.13. The molecule has 0 amide bonds. The number of thiazole rings is 1. The van der Waals surface area contributed by atoms with Crippen molar-refractivity contribution in [1.82, 2.24) is 4.98 Å². The van der Waals surface area contributed by atoms with Crippen molar-refractivity contribution >= 4 is 11.3 Å². The van der Waals surface area contributed by atoms with Crippen molar-refractivity contribution in [3.63, 3.8) is 0 Å². The first-order valence-electron chi connectivity index (χ1n) is 5.69. The summed E-state index contributed by atoms with van der Waals surface area (Å²) in [6.07, 6.45) is 5.15. The van der Waals surface area contributed by atoms with E-state index in [0.717, 1.165) is 0 Å². The van der Waals surface area contributed by atoms with Gasteiger partial charge in [-0.15, -0.1) is 11.3 Å². The van der Waals surface area contributed by atoms with Gasteiger partial charge < -0.3 is 0 Å². The monoisotopic (exact) mass is 211 g/mol. The van der Waals surface area contributed by atoms with E-state index in [1.54, 1.807) is 0 Å². The fourth-order valence-corrected chi connectivity index (χ4v) is 3.00. The maximum absolute atomic E-state index is 4.50. The Balaban J connectivity index is 0.000000461. The SMILES string of the molecule is CC.CCC1(C)CCCc2scnc21. The molecule has 0 spiro atoms. The average molecular weight is 211 g/mol. The van der Waals surface area contributed by atoms with Crippen LogP contribution in [0.3, 0.4) is 0 Å². The van der Waals surface area contributed by atoms with Gasteiger partial charge in [0.25, 0.3) is 0 Å². The Morgan fingerprint density at radius 2 is 2.21 bits per heavy atom. The number of aryl methyl sites for hydroxylation is 1. The smallest absolute Gasteiger partial charge is 0.0797 e. The maximum Gasteiger partial charge on any atom is 0.0797 e. The first kappa shape index (κ1) is 11.7.